The van der Waals surface area contributed by atoms with Crippen molar-refractivity contribution < 1.29 is 14.0 Å². The number of hydrogen-bond donors (Lipinski definition) is 2. The summed E-state index contributed by atoms with van der Waals surface area (Å²) in [5.74, 6) is -0.883. The summed E-state index contributed by atoms with van der Waals surface area (Å²) in [5, 5.41) is 1.13. The zero-order chi connectivity index (χ0) is 16.4. The largest absolute Gasteiger partial charge is 0.451 e. The summed E-state index contributed by atoms with van der Waals surface area (Å²) >= 11 is 5.66. The number of carbonyl (C=O) groups excluding carboxylic acids is 2. The van der Waals surface area contributed by atoms with Crippen molar-refractivity contribution in [3.05, 3.63) is 64.6 Å². The predicted molar refractivity (Wildman–Crippen MR) is 85.1 cm³/mol. The fraction of sp³-hybridized carbons (Fsp3) is 0.0625. The zero-order valence-corrected chi connectivity index (χ0v) is 12.8. The molecule has 0 bridgehead atoms. The van der Waals surface area contributed by atoms with Gasteiger partial charge in [-0.25, -0.2) is 4.98 Å². The van der Waals surface area contributed by atoms with Crippen molar-refractivity contribution >= 4 is 34.4 Å². The number of pyridine rings is 1. The maximum Gasteiger partial charge on any atom is 0.305 e. The van der Waals surface area contributed by atoms with Gasteiger partial charge in [0, 0.05) is 17.1 Å². The van der Waals surface area contributed by atoms with E-state index in [0.717, 1.165) is 5.39 Å². The van der Waals surface area contributed by atoms with Crippen molar-refractivity contribution in [3.8, 4) is 0 Å². The first kappa shape index (κ1) is 15.1. The Balaban J connectivity index is 1.72. The number of hydrogen-bond acceptors (Lipinski definition) is 4. The Kier molecular flexibility index (Phi) is 3.99. The van der Waals surface area contributed by atoms with Crippen LogP contribution in [0.4, 0.5) is 0 Å². The Bertz CT molecular complexity index is 887. The molecule has 2 aromatic heterocycles. The first-order valence-corrected chi connectivity index (χ1v) is 7.14. The third-order valence-corrected chi connectivity index (χ3v) is 3.55. The minimum atomic E-state index is -0.533. The topological polar surface area (TPSA) is 84.2 Å². The summed E-state index contributed by atoms with van der Waals surface area (Å²) in [6.07, 6.45) is 1.32. The van der Waals surface area contributed by atoms with Crippen LogP contribution in [0.2, 0.25) is 5.15 Å². The van der Waals surface area contributed by atoms with Crippen LogP contribution in [-0.4, -0.2) is 16.8 Å². The second-order valence-corrected chi connectivity index (χ2v) is 5.22. The minimum absolute atomic E-state index is 0.153. The Morgan fingerprint density at radius 1 is 1.09 bits per heavy atom. The number of carbonyl (C=O) groups is 2. The molecular weight excluding hydrogens is 318 g/mol. The van der Waals surface area contributed by atoms with E-state index in [1.54, 1.807) is 13.0 Å². The maximum absolute atomic E-state index is 12.2. The highest BCUT2D eigenvalue weighted by Gasteiger charge is 2.18. The van der Waals surface area contributed by atoms with Crippen LogP contribution in [0.1, 0.15) is 26.5 Å². The van der Waals surface area contributed by atoms with E-state index in [1.807, 2.05) is 18.2 Å². The Morgan fingerprint density at radius 2 is 1.83 bits per heavy atom. The van der Waals surface area contributed by atoms with Gasteiger partial charge in [0.1, 0.15) is 10.7 Å². The molecule has 0 aliphatic rings. The second kappa shape index (κ2) is 6.10. The summed E-state index contributed by atoms with van der Waals surface area (Å²) in [7, 11) is 0. The van der Waals surface area contributed by atoms with Gasteiger partial charge in [0.05, 0.1) is 5.56 Å². The quantitative estimate of drug-likeness (QED) is 0.559. The molecule has 0 atom stereocenters. The van der Waals surface area contributed by atoms with Crippen molar-refractivity contribution in [1.82, 2.24) is 15.8 Å². The molecule has 0 aliphatic carbocycles. The molecule has 1 aromatic carbocycles. The average molecular weight is 330 g/mol. The monoisotopic (exact) mass is 329 g/mol. The summed E-state index contributed by atoms with van der Waals surface area (Å²) in [5.41, 5.74) is 6.22. The zero-order valence-electron chi connectivity index (χ0n) is 12.1. The van der Waals surface area contributed by atoms with Gasteiger partial charge in [0.25, 0.3) is 5.91 Å². The average Bonchev–Trinajstić information content (AvgIpc) is 2.90. The van der Waals surface area contributed by atoms with Gasteiger partial charge in [-0.15, -0.1) is 0 Å². The van der Waals surface area contributed by atoms with E-state index < -0.39 is 11.8 Å². The lowest BCUT2D eigenvalue weighted by atomic mass is 10.1. The van der Waals surface area contributed by atoms with Gasteiger partial charge in [-0.05, 0) is 25.1 Å². The van der Waals surface area contributed by atoms with E-state index in [1.165, 1.54) is 18.3 Å². The molecule has 116 valence electrons. The van der Waals surface area contributed by atoms with Crippen LogP contribution in [0.5, 0.6) is 0 Å². The Hall–Kier alpha value is -2.86. The molecule has 0 unspecified atom stereocenters. The van der Waals surface area contributed by atoms with E-state index in [4.69, 9.17) is 16.0 Å². The van der Waals surface area contributed by atoms with Crippen LogP contribution >= 0.6 is 11.6 Å². The van der Waals surface area contributed by atoms with E-state index in [0.29, 0.717) is 11.1 Å². The fourth-order valence-electron chi connectivity index (χ4n) is 2.14. The molecule has 0 radical (unpaired) electrons. The van der Waals surface area contributed by atoms with Crippen molar-refractivity contribution in [1.29, 1.82) is 0 Å². The normalized spacial score (nSPS) is 10.5. The standard InChI is InChI=1S/C16H12ClN3O3/c1-9-11-4-2-3-5-12(11)23-14(9)16(22)20-19-15(21)10-6-7-13(17)18-8-10/h2-8H,1H3,(H,19,21)(H,20,22). The van der Waals surface area contributed by atoms with E-state index in [2.05, 4.69) is 15.8 Å². The van der Waals surface area contributed by atoms with Crippen molar-refractivity contribution in [2.45, 2.75) is 6.92 Å². The van der Waals surface area contributed by atoms with E-state index in [9.17, 15) is 9.59 Å². The number of furan rings is 1. The third-order valence-electron chi connectivity index (χ3n) is 3.33. The Labute approximate surface area is 136 Å². The van der Waals surface area contributed by atoms with Gasteiger partial charge in [0.15, 0.2) is 5.76 Å². The molecule has 23 heavy (non-hydrogen) atoms. The molecule has 3 rings (SSSR count). The number of nitrogens with one attached hydrogen (secondary N) is 2. The molecule has 2 heterocycles. The maximum atomic E-state index is 12.2. The van der Waals surface area contributed by atoms with Crippen LogP contribution in [0.25, 0.3) is 11.0 Å². The van der Waals surface area contributed by atoms with E-state index >= 15 is 0 Å². The lowest BCUT2D eigenvalue weighted by Gasteiger charge is -2.06. The van der Waals surface area contributed by atoms with Crippen molar-refractivity contribution in [2.75, 3.05) is 0 Å². The van der Waals surface area contributed by atoms with E-state index in [-0.39, 0.29) is 16.5 Å². The highest BCUT2D eigenvalue weighted by molar-refractivity contribution is 6.29. The lowest BCUT2D eigenvalue weighted by Crippen LogP contribution is -2.41. The van der Waals surface area contributed by atoms with Crippen LogP contribution in [0.15, 0.2) is 47.0 Å². The number of rotatable bonds is 2. The first-order valence-electron chi connectivity index (χ1n) is 6.76. The number of benzene rings is 1. The number of fused-ring (bicyclic) bond motifs is 1. The van der Waals surface area contributed by atoms with Crippen LogP contribution in [0.3, 0.4) is 0 Å². The van der Waals surface area contributed by atoms with Gasteiger partial charge in [0.2, 0.25) is 0 Å². The molecule has 2 amide bonds. The van der Waals surface area contributed by atoms with Crippen molar-refractivity contribution in [2.24, 2.45) is 0 Å². The molecule has 7 heteroatoms. The molecule has 3 aromatic rings. The number of para-hydroxylation sites is 1. The number of aryl methyl sites for hydroxylation is 1. The van der Waals surface area contributed by atoms with Gasteiger partial charge in [-0.2, -0.15) is 0 Å². The van der Waals surface area contributed by atoms with Crippen molar-refractivity contribution in [3.63, 3.8) is 0 Å². The number of amides is 2. The summed E-state index contributed by atoms with van der Waals surface area (Å²) in [4.78, 5) is 27.9. The lowest BCUT2D eigenvalue weighted by molar-refractivity contribution is 0.0831. The molecular formula is C16H12ClN3O3. The molecule has 0 spiro atoms. The van der Waals surface area contributed by atoms with Gasteiger partial charge >= 0.3 is 5.91 Å². The number of halogens is 1. The highest BCUT2D eigenvalue weighted by Crippen LogP contribution is 2.24. The summed E-state index contributed by atoms with van der Waals surface area (Å²) < 4.78 is 5.52. The minimum Gasteiger partial charge on any atom is -0.451 e. The van der Waals surface area contributed by atoms with Gasteiger partial charge in [-0.3, -0.25) is 20.4 Å². The molecule has 0 aliphatic heterocycles. The van der Waals surface area contributed by atoms with Crippen LogP contribution in [-0.2, 0) is 0 Å². The Morgan fingerprint density at radius 3 is 2.52 bits per heavy atom. The highest BCUT2D eigenvalue weighted by atomic mass is 35.5. The third kappa shape index (κ3) is 3.02. The van der Waals surface area contributed by atoms with Gasteiger partial charge < -0.3 is 4.42 Å². The summed E-state index contributed by atoms with van der Waals surface area (Å²) in [6.45, 7) is 1.78. The summed E-state index contributed by atoms with van der Waals surface area (Å²) in [6, 6.07) is 10.3. The SMILES string of the molecule is Cc1c(C(=O)NNC(=O)c2ccc(Cl)nc2)oc2ccccc12. The number of aromatic nitrogens is 1. The molecule has 0 saturated carbocycles. The van der Waals surface area contributed by atoms with Gasteiger partial charge in [-0.1, -0.05) is 29.8 Å². The number of nitrogens with zero attached hydrogens (tertiary/aromatic N) is 1. The second-order valence-electron chi connectivity index (χ2n) is 4.83. The molecule has 0 fully saturated rings. The molecule has 2 N–H and O–H groups in total. The van der Waals surface area contributed by atoms with Crippen LogP contribution in [0, 0.1) is 6.92 Å². The number of hydrazine groups is 1. The smallest absolute Gasteiger partial charge is 0.305 e. The molecule has 6 nitrogen and oxygen atoms in total. The predicted octanol–water partition coefficient (Wildman–Crippen LogP) is 2.86. The van der Waals surface area contributed by atoms with Crippen LogP contribution < -0.4 is 10.9 Å². The first-order chi connectivity index (χ1) is 11.1. The fourth-order valence-corrected chi connectivity index (χ4v) is 2.26. The molecule has 0 saturated heterocycles.